The quantitative estimate of drug-likeness (QED) is 0.738. The molecule has 5 rings (SSSR count). The molecule has 0 bridgehead atoms. The van der Waals surface area contributed by atoms with E-state index in [9.17, 15) is 9.59 Å². The topological polar surface area (TPSA) is 109 Å². The molecule has 1 aromatic carbocycles. The van der Waals surface area contributed by atoms with Crippen LogP contribution in [0.25, 0.3) is 11.7 Å². The van der Waals surface area contributed by atoms with Crippen molar-refractivity contribution in [3.8, 4) is 23.1 Å². The van der Waals surface area contributed by atoms with Crippen LogP contribution in [0.2, 0.25) is 0 Å². The highest BCUT2D eigenvalue weighted by Crippen LogP contribution is 2.47. The monoisotopic (exact) mass is 383 g/mol. The van der Waals surface area contributed by atoms with Crippen LogP contribution in [0.5, 0.6) is 11.5 Å². The number of carbonyl (C=O) groups is 1. The predicted molar refractivity (Wildman–Crippen MR) is 96.0 cm³/mol. The van der Waals surface area contributed by atoms with E-state index in [1.807, 2.05) is 0 Å². The number of nitrogens with one attached hydrogen (secondary N) is 1. The maximum atomic E-state index is 12.3. The van der Waals surface area contributed by atoms with Crippen molar-refractivity contribution in [2.75, 3.05) is 5.32 Å². The molecule has 1 amide bonds. The Morgan fingerprint density at radius 1 is 1.18 bits per heavy atom. The van der Waals surface area contributed by atoms with Gasteiger partial charge in [0, 0.05) is 24.6 Å². The fourth-order valence-electron chi connectivity index (χ4n) is 3.53. The van der Waals surface area contributed by atoms with E-state index in [4.69, 9.17) is 18.3 Å². The number of nitrogens with zero attached hydrogens (tertiary/aromatic N) is 2. The molecule has 1 fully saturated rings. The average molecular weight is 383 g/mol. The van der Waals surface area contributed by atoms with E-state index in [1.165, 1.54) is 6.26 Å². The van der Waals surface area contributed by atoms with Gasteiger partial charge < -0.3 is 23.6 Å². The number of furan rings is 1. The number of fused-ring (bicyclic) bond motifs is 1. The molecule has 2 aliphatic rings. The summed E-state index contributed by atoms with van der Waals surface area (Å²) in [5.41, 5.74) is 0.546. The molecule has 3 heterocycles. The van der Waals surface area contributed by atoms with Crippen LogP contribution in [0, 0.1) is 0 Å². The largest absolute Gasteiger partial charge is 0.459 e. The number of benzene rings is 1. The highest BCUT2D eigenvalue weighted by Gasteiger charge is 2.44. The summed E-state index contributed by atoms with van der Waals surface area (Å²) in [6.07, 6.45) is 5.30. The van der Waals surface area contributed by atoms with Crippen LogP contribution < -0.4 is 20.5 Å². The van der Waals surface area contributed by atoms with Crippen LogP contribution in [-0.2, 0) is 11.3 Å². The lowest BCUT2D eigenvalue weighted by Gasteiger charge is -2.21. The number of anilines is 1. The van der Waals surface area contributed by atoms with Crippen LogP contribution in [0.4, 0.5) is 5.69 Å². The molecule has 9 heteroatoms. The molecule has 144 valence electrons. The van der Waals surface area contributed by atoms with Crippen molar-refractivity contribution < 1.29 is 23.1 Å². The number of rotatable bonds is 4. The molecule has 0 atom stereocenters. The standard InChI is InChI=1S/C19H17N3O6/c23-16(11-22-18(24)26-17(21-22)14-4-3-9-25-14)20-12-5-6-13-15(10-12)28-19(27-13)7-1-2-8-19/h3-6,9-10H,1-2,7-8,11H2,(H,20,23). The Morgan fingerprint density at radius 3 is 2.79 bits per heavy atom. The summed E-state index contributed by atoms with van der Waals surface area (Å²) in [4.78, 5) is 24.2. The van der Waals surface area contributed by atoms with E-state index in [2.05, 4.69) is 10.4 Å². The van der Waals surface area contributed by atoms with Gasteiger partial charge in [-0.15, -0.1) is 5.10 Å². The van der Waals surface area contributed by atoms with Gasteiger partial charge in [-0.25, -0.2) is 4.79 Å². The maximum Gasteiger partial charge on any atom is 0.437 e. The molecule has 1 spiro atoms. The van der Waals surface area contributed by atoms with E-state index in [1.54, 1.807) is 30.3 Å². The van der Waals surface area contributed by atoms with Gasteiger partial charge in [-0.2, -0.15) is 4.68 Å². The molecule has 0 saturated heterocycles. The summed E-state index contributed by atoms with van der Waals surface area (Å²) in [5.74, 6) is -0.0951. The Hall–Kier alpha value is -3.49. The lowest BCUT2D eigenvalue weighted by atomic mass is 10.2. The van der Waals surface area contributed by atoms with Crippen molar-refractivity contribution in [2.45, 2.75) is 38.0 Å². The molecule has 1 saturated carbocycles. The molecule has 1 aliphatic heterocycles. The molecule has 1 N–H and O–H groups in total. The van der Waals surface area contributed by atoms with Gasteiger partial charge in [0.1, 0.15) is 6.54 Å². The van der Waals surface area contributed by atoms with E-state index < -0.39 is 17.5 Å². The zero-order valence-electron chi connectivity index (χ0n) is 14.8. The van der Waals surface area contributed by atoms with Crippen LogP contribution in [0.3, 0.4) is 0 Å². The van der Waals surface area contributed by atoms with Crippen molar-refractivity contribution in [2.24, 2.45) is 0 Å². The first-order chi connectivity index (χ1) is 13.6. The summed E-state index contributed by atoms with van der Waals surface area (Å²) < 4.78 is 23.0. The summed E-state index contributed by atoms with van der Waals surface area (Å²) >= 11 is 0. The first-order valence-corrected chi connectivity index (χ1v) is 9.04. The molecular weight excluding hydrogens is 366 g/mol. The summed E-state index contributed by atoms with van der Waals surface area (Å²) in [6, 6.07) is 8.49. The van der Waals surface area contributed by atoms with Crippen molar-refractivity contribution in [3.63, 3.8) is 0 Å². The van der Waals surface area contributed by atoms with E-state index in [0.29, 0.717) is 22.9 Å². The van der Waals surface area contributed by atoms with Gasteiger partial charge in [-0.1, -0.05) is 0 Å². The third-order valence-electron chi connectivity index (χ3n) is 4.82. The number of ether oxygens (including phenoxy) is 2. The highest BCUT2D eigenvalue weighted by atomic mass is 16.7. The summed E-state index contributed by atoms with van der Waals surface area (Å²) in [7, 11) is 0. The van der Waals surface area contributed by atoms with E-state index >= 15 is 0 Å². The second kappa shape index (κ2) is 6.29. The fraction of sp³-hybridized carbons (Fsp3) is 0.316. The van der Waals surface area contributed by atoms with Crippen molar-refractivity contribution in [3.05, 3.63) is 47.1 Å². The second-order valence-electron chi connectivity index (χ2n) is 6.84. The van der Waals surface area contributed by atoms with E-state index in [-0.39, 0.29) is 12.4 Å². The molecule has 0 unspecified atom stereocenters. The summed E-state index contributed by atoms with van der Waals surface area (Å²) in [5, 5.41) is 6.71. The van der Waals surface area contributed by atoms with Crippen LogP contribution in [0.15, 0.2) is 50.2 Å². The third-order valence-corrected chi connectivity index (χ3v) is 4.82. The number of hydrogen-bond donors (Lipinski definition) is 1. The molecule has 9 nitrogen and oxygen atoms in total. The Kier molecular flexibility index (Phi) is 3.75. The van der Waals surface area contributed by atoms with Gasteiger partial charge in [0.15, 0.2) is 17.3 Å². The van der Waals surface area contributed by atoms with Gasteiger partial charge in [0.2, 0.25) is 5.91 Å². The minimum atomic E-state index is -0.740. The minimum Gasteiger partial charge on any atom is -0.459 e. The highest BCUT2D eigenvalue weighted by molar-refractivity contribution is 5.90. The Balaban J connectivity index is 1.28. The predicted octanol–water partition coefficient (Wildman–Crippen LogP) is 2.78. The smallest absolute Gasteiger partial charge is 0.437 e. The number of amides is 1. The molecule has 28 heavy (non-hydrogen) atoms. The SMILES string of the molecule is O=C(Cn1nc(-c2ccco2)oc1=O)Nc1ccc2c(c1)OC1(CCCC1)O2. The van der Waals surface area contributed by atoms with Crippen LogP contribution in [0.1, 0.15) is 25.7 Å². The van der Waals surface area contributed by atoms with Crippen molar-refractivity contribution >= 4 is 11.6 Å². The Labute approximate surface area is 158 Å². The van der Waals surface area contributed by atoms with E-state index in [0.717, 1.165) is 30.4 Å². The Bertz CT molecular complexity index is 1080. The number of carbonyl (C=O) groups excluding carboxylic acids is 1. The number of hydrogen-bond acceptors (Lipinski definition) is 7. The fourth-order valence-corrected chi connectivity index (χ4v) is 3.53. The second-order valence-corrected chi connectivity index (χ2v) is 6.84. The molecular formula is C19H17N3O6. The molecule has 0 radical (unpaired) electrons. The third kappa shape index (κ3) is 2.94. The van der Waals surface area contributed by atoms with Crippen LogP contribution in [-0.4, -0.2) is 21.5 Å². The molecule has 1 aliphatic carbocycles. The van der Waals surface area contributed by atoms with Crippen molar-refractivity contribution in [1.82, 2.24) is 9.78 Å². The minimum absolute atomic E-state index is 0.0211. The average Bonchev–Trinajstić information content (AvgIpc) is 3.44. The zero-order chi connectivity index (χ0) is 19.1. The zero-order valence-corrected chi connectivity index (χ0v) is 14.8. The van der Waals surface area contributed by atoms with Gasteiger partial charge in [0.25, 0.3) is 11.7 Å². The van der Waals surface area contributed by atoms with Gasteiger partial charge >= 0.3 is 5.76 Å². The van der Waals surface area contributed by atoms with Gasteiger partial charge in [-0.3, -0.25) is 4.79 Å². The summed E-state index contributed by atoms with van der Waals surface area (Å²) in [6.45, 7) is -0.290. The first-order valence-electron chi connectivity index (χ1n) is 9.04. The van der Waals surface area contributed by atoms with Gasteiger partial charge in [-0.05, 0) is 37.1 Å². The lowest BCUT2D eigenvalue weighted by Crippen LogP contribution is -2.34. The normalized spacial score (nSPS) is 16.6. The molecule has 3 aromatic rings. The maximum absolute atomic E-state index is 12.3. The lowest BCUT2D eigenvalue weighted by molar-refractivity contribution is -0.117. The number of aromatic nitrogens is 2. The van der Waals surface area contributed by atoms with Crippen LogP contribution >= 0.6 is 0 Å². The first kappa shape index (κ1) is 16.7. The Morgan fingerprint density at radius 2 is 2.00 bits per heavy atom. The molecule has 2 aromatic heterocycles. The van der Waals surface area contributed by atoms with Crippen molar-refractivity contribution in [1.29, 1.82) is 0 Å². The van der Waals surface area contributed by atoms with Gasteiger partial charge in [0.05, 0.1) is 6.26 Å².